The number of carbonyl (C=O) groups excluding carboxylic acids is 1. The second-order valence-corrected chi connectivity index (χ2v) is 3.16. The van der Waals surface area contributed by atoms with Crippen LogP contribution in [-0.2, 0) is 9.53 Å². The maximum atomic E-state index is 10.6. The molecule has 0 saturated heterocycles. The highest BCUT2D eigenvalue weighted by molar-refractivity contribution is 14.1. The summed E-state index contributed by atoms with van der Waals surface area (Å²) in [7, 11) is 0. The summed E-state index contributed by atoms with van der Waals surface area (Å²) >= 11 is 1.83. The van der Waals surface area contributed by atoms with Crippen LogP contribution in [0.4, 0.5) is 0 Å². The minimum Gasteiger partial charge on any atom is -0.459 e. The van der Waals surface area contributed by atoms with Crippen LogP contribution in [-0.4, -0.2) is 12.1 Å². The summed E-state index contributed by atoms with van der Waals surface area (Å²) in [5.74, 6) is -0.328. The second kappa shape index (κ2) is 3.87. The van der Waals surface area contributed by atoms with Gasteiger partial charge in [0.15, 0.2) is 0 Å². The third-order valence-corrected chi connectivity index (χ3v) is 1.00. The zero-order valence-corrected chi connectivity index (χ0v) is 7.64. The standard InChI is InChI=1S/C6H9IO2/c1-4(2)9-6(8)5(3)7/h4H,3H2,1-2H3. The molecule has 0 rings (SSSR count). The summed E-state index contributed by atoms with van der Waals surface area (Å²) in [6.45, 7) is 7.03. The van der Waals surface area contributed by atoms with E-state index in [-0.39, 0.29) is 12.1 Å². The third-order valence-electron chi connectivity index (χ3n) is 0.564. The fourth-order valence-corrected chi connectivity index (χ4v) is 0.405. The van der Waals surface area contributed by atoms with Crippen molar-refractivity contribution in [2.45, 2.75) is 20.0 Å². The molecule has 0 aromatic heterocycles. The van der Waals surface area contributed by atoms with E-state index in [2.05, 4.69) is 6.58 Å². The van der Waals surface area contributed by atoms with Gasteiger partial charge in [0.25, 0.3) is 0 Å². The molecule has 0 heterocycles. The van der Waals surface area contributed by atoms with Crippen LogP contribution < -0.4 is 0 Å². The van der Waals surface area contributed by atoms with Crippen molar-refractivity contribution in [3.05, 3.63) is 10.2 Å². The number of hydrogen-bond donors (Lipinski definition) is 0. The van der Waals surface area contributed by atoms with Gasteiger partial charge in [-0.05, 0) is 36.4 Å². The van der Waals surface area contributed by atoms with Crippen molar-refractivity contribution in [3.8, 4) is 0 Å². The SMILES string of the molecule is C=C(I)C(=O)OC(C)C. The second-order valence-electron chi connectivity index (χ2n) is 1.86. The van der Waals surface area contributed by atoms with Gasteiger partial charge in [-0.2, -0.15) is 0 Å². The molecule has 0 amide bonds. The van der Waals surface area contributed by atoms with Crippen molar-refractivity contribution in [2.75, 3.05) is 0 Å². The highest BCUT2D eigenvalue weighted by Gasteiger charge is 2.05. The minimum absolute atomic E-state index is 0.0518. The highest BCUT2D eigenvalue weighted by atomic mass is 127. The molecule has 0 aromatic carbocycles. The van der Waals surface area contributed by atoms with Crippen molar-refractivity contribution >= 4 is 28.6 Å². The van der Waals surface area contributed by atoms with E-state index in [4.69, 9.17) is 4.74 Å². The number of halogens is 1. The van der Waals surface area contributed by atoms with E-state index in [1.165, 1.54) is 0 Å². The van der Waals surface area contributed by atoms with Crippen molar-refractivity contribution in [1.82, 2.24) is 0 Å². The van der Waals surface area contributed by atoms with E-state index in [0.717, 1.165) is 0 Å². The summed E-state index contributed by atoms with van der Waals surface area (Å²) in [5, 5.41) is 0. The Hall–Kier alpha value is -0.0600. The molecule has 0 aliphatic heterocycles. The topological polar surface area (TPSA) is 26.3 Å². The fourth-order valence-electron chi connectivity index (χ4n) is 0.278. The van der Waals surface area contributed by atoms with Crippen molar-refractivity contribution in [1.29, 1.82) is 0 Å². The van der Waals surface area contributed by atoms with E-state index in [1.807, 2.05) is 22.6 Å². The van der Waals surface area contributed by atoms with Gasteiger partial charge in [-0.25, -0.2) is 4.79 Å². The summed E-state index contributed by atoms with van der Waals surface area (Å²) < 4.78 is 5.18. The van der Waals surface area contributed by atoms with Crippen LogP contribution in [0.25, 0.3) is 0 Å². The van der Waals surface area contributed by atoms with Crippen LogP contribution in [0.5, 0.6) is 0 Å². The Balaban J connectivity index is 3.65. The molecule has 0 fully saturated rings. The molecule has 0 aliphatic carbocycles. The van der Waals surface area contributed by atoms with E-state index in [1.54, 1.807) is 13.8 Å². The van der Waals surface area contributed by atoms with Crippen LogP contribution in [0, 0.1) is 0 Å². The molecule has 0 spiro atoms. The fraction of sp³-hybridized carbons (Fsp3) is 0.500. The average Bonchev–Trinajstić information content (AvgIpc) is 1.63. The molecule has 0 unspecified atom stereocenters. The Morgan fingerprint density at radius 3 is 2.22 bits per heavy atom. The van der Waals surface area contributed by atoms with Gasteiger partial charge < -0.3 is 4.74 Å². The molecule has 0 radical (unpaired) electrons. The van der Waals surface area contributed by atoms with Gasteiger partial charge >= 0.3 is 5.97 Å². The van der Waals surface area contributed by atoms with E-state index in [0.29, 0.717) is 3.58 Å². The lowest BCUT2D eigenvalue weighted by molar-refractivity contribution is -0.141. The van der Waals surface area contributed by atoms with Crippen molar-refractivity contribution < 1.29 is 9.53 Å². The smallest absolute Gasteiger partial charge is 0.343 e. The van der Waals surface area contributed by atoms with Crippen LogP contribution in [0.1, 0.15) is 13.8 Å². The Morgan fingerprint density at radius 2 is 2.11 bits per heavy atom. The van der Waals surface area contributed by atoms with Crippen LogP contribution in [0.2, 0.25) is 0 Å². The van der Waals surface area contributed by atoms with E-state index < -0.39 is 0 Å². The molecule has 0 aromatic rings. The van der Waals surface area contributed by atoms with Gasteiger partial charge in [0, 0.05) is 0 Å². The maximum Gasteiger partial charge on any atom is 0.343 e. The van der Waals surface area contributed by atoms with Gasteiger partial charge in [-0.15, -0.1) is 0 Å². The number of esters is 1. The van der Waals surface area contributed by atoms with E-state index in [9.17, 15) is 4.79 Å². The summed E-state index contributed by atoms with van der Waals surface area (Å²) in [6.07, 6.45) is -0.0518. The first-order valence-corrected chi connectivity index (χ1v) is 3.67. The van der Waals surface area contributed by atoms with Crippen molar-refractivity contribution in [3.63, 3.8) is 0 Å². The Morgan fingerprint density at radius 1 is 1.67 bits per heavy atom. The predicted molar refractivity (Wildman–Crippen MR) is 44.4 cm³/mol. The molecule has 3 heteroatoms. The first-order valence-electron chi connectivity index (χ1n) is 2.59. The Kier molecular flexibility index (Phi) is 3.84. The maximum absolute atomic E-state index is 10.6. The minimum atomic E-state index is -0.328. The van der Waals surface area contributed by atoms with Crippen LogP contribution in [0.15, 0.2) is 10.2 Å². The summed E-state index contributed by atoms with van der Waals surface area (Å²) in [4.78, 5) is 10.6. The lowest BCUT2D eigenvalue weighted by atomic mass is 10.5. The number of rotatable bonds is 2. The lowest BCUT2D eigenvalue weighted by Gasteiger charge is -2.05. The first-order chi connectivity index (χ1) is 4.04. The average molecular weight is 240 g/mol. The molecular weight excluding hydrogens is 231 g/mol. The zero-order chi connectivity index (χ0) is 7.44. The molecule has 0 atom stereocenters. The predicted octanol–water partition coefficient (Wildman–Crippen LogP) is 1.89. The quantitative estimate of drug-likeness (QED) is 0.418. The highest BCUT2D eigenvalue weighted by Crippen LogP contribution is 2.05. The number of carbonyl (C=O) groups is 1. The van der Waals surface area contributed by atoms with Gasteiger partial charge in [0.2, 0.25) is 0 Å². The number of hydrogen-bond acceptors (Lipinski definition) is 2. The Labute approximate surface area is 68.4 Å². The Bertz CT molecular complexity index is 129. The van der Waals surface area contributed by atoms with Crippen LogP contribution >= 0.6 is 22.6 Å². The zero-order valence-electron chi connectivity index (χ0n) is 5.48. The van der Waals surface area contributed by atoms with Gasteiger partial charge in [-0.1, -0.05) is 6.58 Å². The third kappa shape index (κ3) is 4.44. The van der Waals surface area contributed by atoms with Crippen molar-refractivity contribution in [2.24, 2.45) is 0 Å². The summed E-state index contributed by atoms with van der Waals surface area (Å²) in [5.41, 5.74) is 0. The summed E-state index contributed by atoms with van der Waals surface area (Å²) in [6, 6.07) is 0. The normalized spacial score (nSPS) is 9.33. The molecular formula is C6H9IO2. The first kappa shape index (κ1) is 8.94. The van der Waals surface area contributed by atoms with Crippen LogP contribution in [0.3, 0.4) is 0 Å². The lowest BCUT2D eigenvalue weighted by Crippen LogP contribution is -2.10. The molecule has 0 aliphatic rings. The molecule has 2 nitrogen and oxygen atoms in total. The van der Waals surface area contributed by atoms with Gasteiger partial charge in [-0.3, -0.25) is 0 Å². The molecule has 9 heavy (non-hydrogen) atoms. The largest absolute Gasteiger partial charge is 0.459 e. The molecule has 0 N–H and O–H groups in total. The van der Waals surface area contributed by atoms with Gasteiger partial charge in [0.05, 0.1) is 9.68 Å². The molecule has 0 bridgehead atoms. The van der Waals surface area contributed by atoms with E-state index >= 15 is 0 Å². The number of ether oxygens (including phenoxy) is 1. The van der Waals surface area contributed by atoms with Gasteiger partial charge in [0.1, 0.15) is 0 Å². The molecule has 0 saturated carbocycles. The monoisotopic (exact) mass is 240 g/mol. The molecule has 52 valence electrons.